The fraction of sp³-hybridized carbons (Fsp3) is 0.692. The standard InChI is InChI=1S/C13H20N4/c14-5-4-10-6-15-13(16-7-10)17-8-11-2-1-3-12(11)9-17/h6-7,11-12H,1-5,8-9,14H2. The van der Waals surface area contributed by atoms with Crippen LogP contribution in [0.5, 0.6) is 0 Å². The Morgan fingerprint density at radius 1 is 1.18 bits per heavy atom. The molecule has 0 amide bonds. The van der Waals surface area contributed by atoms with Gasteiger partial charge in [-0.05, 0) is 43.2 Å². The summed E-state index contributed by atoms with van der Waals surface area (Å²) in [5, 5.41) is 0. The van der Waals surface area contributed by atoms with E-state index in [2.05, 4.69) is 14.9 Å². The minimum Gasteiger partial charge on any atom is -0.340 e. The molecule has 0 aromatic carbocycles. The zero-order valence-corrected chi connectivity index (χ0v) is 10.2. The number of hydrogen-bond donors (Lipinski definition) is 1. The fourth-order valence-electron chi connectivity index (χ4n) is 3.21. The molecule has 1 aliphatic heterocycles. The lowest BCUT2D eigenvalue weighted by Gasteiger charge is -2.16. The number of nitrogens with two attached hydrogens (primary N) is 1. The molecule has 2 N–H and O–H groups in total. The Balaban J connectivity index is 1.68. The van der Waals surface area contributed by atoms with Gasteiger partial charge in [0.2, 0.25) is 5.95 Å². The molecule has 92 valence electrons. The topological polar surface area (TPSA) is 55.0 Å². The second kappa shape index (κ2) is 4.61. The molecular formula is C13H20N4. The molecule has 1 aromatic heterocycles. The average molecular weight is 232 g/mol. The molecule has 1 saturated carbocycles. The number of fused-ring (bicyclic) bond motifs is 1. The van der Waals surface area contributed by atoms with Crippen LogP contribution in [0.4, 0.5) is 5.95 Å². The van der Waals surface area contributed by atoms with Crippen LogP contribution in [0, 0.1) is 11.8 Å². The highest BCUT2D eigenvalue weighted by molar-refractivity contribution is 5.32. The lowest BCUT2D eigenvalue weighted by atomic mass is 10.0. The van der Waals surface area contributed by atoms with Gasteiger partial charge in [0.25, 0.3) is 0 Å². The first-order valence-electron chi connectivity index (χ1n) is 6.63. The van der Waals surface area contributed by atoms with Gasteiger partial charge < -0.3 is 10.6 Å². The first-order valence-corrected chi connectivity index (χ1v) is 6.63. The van der Waals surface area contributed by atoms with Gasteiger partial charge in [-0.25, -0.2) is 9.97 Å². The molecule has 3 rings (SSSR count). The number of aromatic nitrogens is 2. The summed E-state index contributed by atoms with van der Waals surface area (Å²) in [5.74, 6) is 2.69. The van der Waals surface area contributed by atoms with Gasteiger partial charge in [0.05, 0.1) is 0 Å². The first kappa shape index (κ1) is 11.0. The third-order valence-electron chi connectivity index (χ3n) is 4.13. The van der Waals surface area contributed by atoms with Gasteiger partial charge in [-0.2, -0.15) is 0 Å². The predicted octanol–water partition coefficient (Wildman–Crippen LogP) is 1.21. The van der Waals surface area contributed by atoms with E-state index in [0.29, 0.717) is 6.54 Å². The van der Waals surface area contributed by atoms with E-state index in [1.54, 1.807) is 0 Å². The van der Waals surface area contributed by atoms with Crippen LogP contribution in [0.2, 0.25) is 0 Å². The molecule has 0 radical (unpaired) electrons. The molecule has 2 unspecified atom stereocenters. The Morgan fingerprint density at radius 3 is 2.41 bits per heavy atom. The van der Waals surface area contributed by atoms with Gasteiger partial charge in [0, 0.05) is 25.5 Å². The van der Waals surface area contributed by atoms with Crippen molar-refractivity contribution in [2.45, 2.75) is 25.7 Å². The molecule has 2 heterocycles. The molecule has 4 heteroatoms. The predicted molar refractivity (Wildman–Crippen MR) is 67.8 cm³/mol. The van der Waals surface area contributed by atoms with Gasteiger partial charge in [0.1, 0.15) is 0 Å². The average Bonchev–Trinajstić information content (AvgIpc) is 2.90. The van der Waals surface area contributed by atoms with E-state index in [1.807, 2.05) is 12.4 Å². The van der Waals surface area contributed by atoms with Gasteiger partial charge in [-0.3, -0.25) is 0 Å². The van der Waals surface area contributed by atoms with Crippen molar-refractivity contribution in [3.05, 3.63) is 18.0 Å². The van der Waals surface area contributed by atoms with E-state index < -0.39 is 0 Å². The Morgan fingerprint density at radius 2 is 1.82 bits per heavy atom. The quantitative estimate of drug-likeness (QED) is 0.851. The van der Waals surface area contributed by atoms with E-state index in [1.165, 1.54) is 19.3 Å². The van der Waals surface area contributed by atoms with Crippen LogP contribution in [-0.4, -0.2) is 29.6 Å². The van der Waals surface area contributed by atoms with Gasteiger partial charge in [-0.1, -0.05) is 6.42 Å². The molecule has 1 saturated heterocycles. The van der Waals surface area contributed by atoms with Crippen LogP contribution >= 0.6 is 0 Å². The van der Waals surface area contributed by atoms with Crippen LogP contribution in [0.1, 0.15) is 24.8 Å². The van der Waals surface area contributed by atoms with E-state index >= 15 is 0 Å². The van der Waals surface area contributed by atoms with Crippen molar-refractivity contribution in [1.82, 2.24) is 9.97 Å². The van der Waals surface area contributed by atoms with Crippen LogP contribution in [-0.2, 0) is 6.42 Å². The first-order chi connectivity index (χ1) is 8.36. The van der Waals surface area contributed by atoms with Crippen molar-refractivity contribution in [3.8, 4) is 0 Å². The molecule has 2 atom stereocenters. The Hall–Kier alpha value is -1.16. The second-order valence-electron chi connectivity index (χ2n) is 5.29. The van der Waals surface area contributed by atoms with Crippen molar-refractivity contribution in [2.24, 2.45) is 17.6 Å². The van der Waals surface area contributed by atoms with E-state index in [-0.39, 0.29) is 0 Å². The molecular weight excluding hydrogens is 212 g/mol. The van der Waals surface area contributed by atoms with Crippen LogP contribution in [0.25, 0.3) is 0 Å². The Labute approximate surface area is 102 Å². The summed E-state index contributed by atoms with van der Waals surface area (Å²) in [6, 6.07) is 0. The molecule has 1 aromatic rings. The summed E-state index contributed by atoms with van der Waals surface area (Å²) in [7, 11) is 0. The summed E-state index contributed by atoms with van der Waals surface area (Å²) in [6.07, 6.45) is 8.91. The molecule has 4 nitrogen and oxygen atoms in total. The van der Waals surface area contributed by atoms with E-state index in [0.717, 1.165) is 42.9 Å². The van der Waals surface area contributed by atoms with Crippen molar-refractivity contribution in [3.63, 3.8) is 0 Å². The molecule has 2 aliphatic rings. The number of anilines is 1. The highest BCUT2D eigenvalue weighted by Gasteiger charge is 2.36. The fourth-order valence-corrected chi connectivity index (χ4v) is 3.21. The summed E-state index contributed by atoms with van der Waals surface area (Å²) >= 11 is 0. The summed E-state index contributed by atoms with van der Waals surface area (Å²) < 4.78 is 0. The van der Waals surface area contributed by atoms with Crippen molar-refractivity contribution >= 4 is 5.95 Å². The zero-order chi connectivity index (χ0) is 11.7. The van der Waals surface area contributed by atoms with E-state index in [4.69, 9.17) is 5.73 Å². The number of nitrogens with zero attached hydrogens (tertiary/aromatic N) is 3. The molecule has 2 fully saturated rings. The molecule has 0 spiro atoms. The van der Waals surface area contributed by atoms with Gasteiger partial charge in [0.15, 0.2) is 0 Å². The largest absolute Gasteiger partial charge is 0.340 e. The molecule has 17 heavy (non-hydrogen) atoms. The maximum Gasteiger partial charge on any atom is 0.225 e. The van der Waals surface area contributed by atoms with Crippen molar-refractivity contribution in [2.75, 3.05) is 24.5 Å². The van der Waals surface area contributed by atoms with Crippen molar-refractivity contribution in [1.29, 1.82) is 0 Å². The van der Waals surface area contributed by atoms with Gasteiger partial charge >= 0.3 is 0 Å². The minimum absolute atomic E-state index is 0.663. The smallest absolute Gasteiger partial charge is 0.225 e. The summed E-state index contributed by atoms with van der Waals surface area (Å²) in [6.45, 7) is 2.97. The van der Waals surface area contributed by atoms with Crippen molar-refractivity contribution < 1.29 is 0 Å². The van der Waals surface area contributed by atoms with Crippen LogP contribution < -0.4 is 10.6 Å². The SMILES string of the molecule is NCCc1cnc(N2CC3CCCC3C2)nc1. The maximum atomic E-state index is 5.52. The monoisotopic (exact) mass is 232 g/mol. The number of hydrogen-bond acceptors (Lipinski definition) is 4. The third kappa shape index (κ3) is 2.14. The van der Waals surface area contributed by atoms with E-state index in [9.17, 15) is 0 Å². The Bertz CT molecular complexity index is 364. The lowest BCUT2D eigenvalue weighted by molar-refractivity contribution is 0.494. The summed E-state index contributed by atoms with van der Waals surface area (Å²) in [5.41, 5.74) is 6.65. The second-order valence-corrected chi connectivity index (χ2v) is 5.29. The Kier molecular flexibility index (Phi) is 2.97. The van der Waals surface area contributed by atoms with Crippen LogP contribution in [0.3, 0.4) is 0 Å². The van der Waals surface area contributed by atoms with Gasteiger partial charge in [-0.15, -0.1) is 0 Å². The normalized spacial score (nSPS) is 27.5. The molecule has 0 bridgehead atoms. The maximum absolute atomic E-state index is 5.52. The highest BCUT2D eigenvalue weighted by Crippen LogP contribution is 2.38. The minimum atomic E-state index is 0.663. The lowest BCUT2D eigenvalue weighted by Crippen LogP contribution is -2.23. The molecule has 1 aliphatic carbocycles. The van der Waals surface area contributed by atoms with Crippen LogP contribution in [0.15, 0.2) is 12.4 Å². The highest BCUT2D eigenvalue weighted by atomic mass is 15.3. The number of rotatable bonds is 3. The zero-order valence-electron chi connectivity index (χ0n) is 10.2. The summed E-state index contributed by atoms with van der Waals surface area (Å²) in [4.78, 5) is 11.3. The third-order valence-corrected chi connectivity index (χ3v) is 4.13.